The molecule has 4 rings (SSSR count). The molecule has 0 aliphatic carbocycles. The number of amides is 1. The predicted molar refractivity (Wildman–Crippen MR) is 127 cm³/mol. The van der Waals surface area contributed by atoms with Crippen LogP contribution in [0, 0.1) is 6.92 Å². The van der Waals surface area contributed by atoms with E-state index in [0.717, 1.165) is 38.9 Å². The Kier molecular flexibility index (Phi) is 5.83. The molecule has 0 saturated heterocycles. The van der Waals surface area contributed by atoms with E-state index < -0.39 is 0 Å². The molecular formula is C26H22ClNO3. The van der Waals surface area contributed by atoms with Crippen LogP contribution in [-0.4, -0.2) is 13.0 Å². The highest BCUT2D eigenvalue weighted by Gasteiger charge is 2.15. The highest BCUT2D eigenvalue weighted by Crippen LogP contribution is 2.37. The first kappa shape index (κ1) is 20.8. The second-order valence-corrected chi connectivity index (χ2v) is 7.82. The van der Waals surface area contributed by atoms with Crippen LogP contribution < -0.4 is 10.1 Å². The number of nitrogens with one attached hydrogen (secondary N) is 1. The molecule has 1 N–H and O–H groups in total. The number of allylic oxidation sites excluding steroid dienone is 1. The molecule has 1 aromatic heterocycles. The van der Waals surface area contributed by atoms with E-state index in [1.54, 1.807) is 19.4 Å². The fourth-order valence-corrected chi connectivity index (χ4v) is 3.60. The Hall–Kier alpha value is -3.50. The first-order valence-electron chi connectivity index (χ1n) is 9.86. The Bertz CT molecular complexity index is 1270. The third-order valence-electron chi connectivity index (χ3n) is 5.14. The molecule has 0 bridgehead atoms. The van der Waals surface area contributed by atoms with E-state index >= 15 is 0 Å². The van der Waals surface area contributed by atoms with Crippen molar-refractivity contribution in [1.82, 2.24) is 0 Å². The van der Waals surface area contributed by atoms with Gasteiger partial charge in [0.1, 0.15) is 11.3 Å². The van der Waals surface area contributed by atoms with Crippen molar-refractivity contribution in [3.8, 4) is 16.9 Å². The number of rotatable bonds is 5. The van der Waals surface area contributed by atoms with Gasteiger partial charge in [0.05, 0.1) is 13.4 Å². The number of benzene rings is 3. The molecule has 0 saturated carbocycles. The smallest absolute Gasteiger partial charge is 0.248 e. The average Bonchev–Trinajstić information content (AvgIpc) is 3.17. The second-order valence-electron chi connectivity index (χ2n) is 7.39. The first-order valence-corrected chi connectivity index (χ1v) is 10.2. The second kappa shape index (κ2) is 8.70. The SMILES string of the molecule is COc1cc2occ(-c3ccc(Cl)cc3)c2cc1/C(C)=C/C(=O)Nc1ccc(C)cc1. The van der Waals surface area contributed by atoms with E-state index in [1.165, 1.54) is 0 Å². The monoisotopic (exact) mass is 431 g/mol. The van der Waals surface area contributed by atoms with E-state index in [4.69, 9.17) is 20.8 Å². The van der Waals surface area contributed by atoms with Gasteiger partial charge in [-0.25, -0.2) is 0 Å². The van der Waals surface area contributed by atoms with Gasteiger partial charge in [0.25, 0.3) is 0 Å². The van der Waals surface area contributed by atoms with Crippen molar-refractivity contribution in [2.75, 3.05) is 12.4 Å². The summed E-state index contributed by atoms with van der Waals surface area (Å²) in [5.74, 6) is 0.440. The lowest BCUT2D eigenvalue weighted by molar-refractivity contribution is -0.111. The van der Waals surface area contributed by atoms with Gasteiger partial charge in [-0.1, -0.05) is 41.4 Å². The number of carbonyl (C=O) groups excluding carboxylic acids is 1. The van der Waals surface area contributed by atoms with Gasteiger partial charge in [-0.05, 0) is 55.3 Å². The molecule has 0 fully saturated rings. The van der Waals surface area contributed by atoms with E-state index in [9.17, 15) is 4.79 Å². The molecule has 1 heterocycles. The van der Waals surface area contributed by atoms with Crippen LogP contribution in [-0.2, 0) is 4.79 Å². The lowest BCUT2D eigenvalue weighted by Crippen LogP contribution is -2.08. The van der Waals surface area contributed by atoms with Gasteiger partial charge < -0.3 is 14.5 Å². The summed E-state index contributed by atoms with van der Waals surface area (Å²) in [6.07, 6.45) is 3.30. The van der Waals surface area contributed by atoms with Crippen LogP contribution in [0.5, 0.6) is 5.75 Å². The number of hydrogen-bond donors (Lipinski definition) is 1. The van der Waals surface area contributed by atoms with E-state index in [2.05, 4.69) is 5.32 Å². The van der Waals surface area contributed by atoms with Crippen LogP contribution in [0.1, 0.15) is 18.1 Å². The van der Waals surface area contributed by atoms with Gasteiger partial charge in [0.15, 0.2) is 0 Å². The summed E-state index contributed by atoms with van der Waals surface area (Å²) < 4.78 is 11.3. The number of carbonyl (C=O) groups is 1. The van der Waals surface area contributed by atoms with Gasteiger partial charge in [0.2, 0.25) is 5.91 Å². The average molecular weight is 432 g/mol. The lowest BCUT2D eigenvalue weighted by atomic mass is 9.99. The first-order chi connectivity index (χ1) is 14.9. The van der Waals surface area contributed by atoms with Gasteiger partial charge in [-0.3, -0.25) is 4.79 Å². The molecular weight excluding hydrogens is 410 g/mol. The van der Waals surface area contributed by atoms with Crippen molar-refractivity contribution in [2.45, 2.75) is 13.8 Å². The van der Waals surface area contributed by atoms with Crippen molar-refractivity contribution >= 4 is 39.7 Å². The number of fused-ring (bicyclic) bond motifs is 1. The molecule has 4 aromatic rings. The molecule has 1 amide bonds. The number of halogens is 1. The maximum Gasteiger partial charge on any atom is 0.248 e. The molecule has 0 unspecified atom stereocenters. The van der Waals surface area contributed by atoms with Crippen molar-refractivity contribution in [2.24, 2.45) is 0 Å². The Morgan fingerprint density at radius 2 is 1.77 bits per heavy atom. The summed E-state index contributed by atoms with van der Waals surface area (Å²) in [4.78, 5) is 12.6. The Labute approximate surface area is 186 Å². The Morgan fingerprint density at radius 3 is 2.45 bits per heavy atom. The highest BCUT2D eigenvalue weighted by molar-refractivity contribution is 6.30. The molecule has 0 radical (unpaired) electrons. The number of methoxy groups -OCH3 is 1. The van der Waals surface area contributed by atoms with Crippen molar-refractivity contribution in [1.29, 1.82) is 0 Å². The minimum Gasteiger partial charge on any atom is -0.496 e. The minimum atomic E-state index is -0.200. The van der Waals surface area contributed by atoms with Gasteiger partial charge in [-0.2, -0.15) is 0 Å². The van der Waals surface area contributed by atoms with Crippen LogP contribution >= 0.6 is 11.6 Å². The Balaban J connectivity index is 1.70. The Morgan fingerprint density at radius 1 is 1.06 bits per heavy atom. The van der Waals surface area contributed by atoms with Crippen LogP contribution in [0.4, 0.5) is 5.69 Å². The third kappa shape index (κ3) is 4.49. The number of hydrogen-bond acceptors (Lipinski definition) is 3. The molecule has 0 spiro atoms. The summed E-state index contributed by atoms with van der Waals surface area (Å²) >= 11 is 6.03. The number of ether oxygens (including phenoxy) is 1. The normalized spacial score (nSPS) is 11.5. The van der Waals surface area contributed by atoms with Crippen molar-refractivity contribution in [3.05, 3.63) is 89.2 Å². The van der Waals surface area contributed by atoms with E-state index in [-0.39, 0.29) is 5.91 Å². The fourth-order valence-electron chi connectivity index (χ4n) is 3.47. The van der Waals surface area contributed by atoms with Crippen LogP contribution in [0.3, 0.4) is 0 Å². The maximum atomic E-state index is 12.6. The van der Waals surface area contributed by atoms with Crippen molar-refractivity contribution in [3.63, 3.8) is 0 Å². The predicted octanol–water partition coefficient (Wildman–Crippen LogP) is 7.11. The molecule has 0 aliphatic rings. The fraction of sp³-hybridized carbons (Fsp3) is 0.115. The van der Waals surface area contributed by atoms with Gasteiger partial charge in [-0.15, -0.1) is 0 Å². The van der Waals surface area contributed by atoms with Gasteiger partial charge in [0, 0.05) is 39.4 Å². The largest absolute Gasteiger partial charge is 0.496 e. The maximum absolute atomic E-state index is 12.6. The van der Waals surface area contributed by atoms with Gasteiger partial charge >= 0.3 is 0 Å². The summed E-state index contributed by atoms with van der Waals surface area (Å²) in [7, 11) is 1.60. The van der Waals surface area contributed by atoms with Crippen LogP contribution in [0.15, 0.2) is 77.4 Å². The number of anilines is 1. The van der Waals surface area contributed by atoms with Crippen LogP contribution in [0.25, 0.3) is 27.7 Å². The number of aryl methyl sites for hydroxylation is 1. The zero-order chi connectivity index (χ0) is 22.0. The quantitative estimate of drug-likeness (QED) is 0.342. The molecule has 31 heavy (non-hydrogen) atoms. The zero-order valence-corrected chi connectivity index (χ0v) is 18.3. The lowest BCUT2D eigenvalue weighted by Gasteiger charge is -2.10. The highest BCUT2D eigenvalue weighted by atomic mass is 35.5. The molecule has 5 heteroatoms. The molecule has 0 aliphatic heterocycles. The van der Waals surface area contributed by atoms with E-state index in [1.807, 2.05) is 74.5 Å². The van der Waals surface area contributed by atoms with Crippen molar-refractivity contribution < 1.29 is 13.9 Å². The summed E-state index contributed by atoms with van der Waals surface area (Å²) in [5, 5.41) is 4.51. The van der Waals surface area contributed by atoms with Crippen LogP contribution in [0.2, 0.25) is 5.02 Å². The zero-order valence-electron chi connectivity index (χ0n) is 17.5. The molecule has 3 aromatic carbocycles. The summed E-state index contributed by atoms with van der Waals surface area (Å²) in [6, 6.07) is 19.1. The molecule has 4 nitrogen and oxygen atoms in total. The minimum absolute atomic E-state index is 0.200. The van der Waals surface area contributed by atoms with E-state index in [0.29, 0.717) is 16.4 Å². The number of furan rings is 1. The standard InChI is InChI=1S/C26H22ClNO3/c1-16-4-10-20(11-5-16)28-26(29)12-17(2)21-13-22-23(18-6-8-19(27)9-7-18)15-31-25(22)14-24(21)30-3/h4-15H,1-3H3,(H,28,29)/b17-12+. The molecule has 156 valence electrons. The summed E-state index contributed by atoms with van der Waals surface area (Å²) in [5.41, 5.74) is 6.16. The summed E-state index contributed by atoms with van der Waals surface area (Å²) in [6.45, 7) is 3.90. The molecule has 0 atom stereocenters. The topological polar surface area (TPSA) is 51.5 Å². The third-order valence-corrected chi connectivity index (χ3v) is 5.39.